The van der Waals surface area contributed by atoms with Crippen LogP contribution in [0.15, 0.2) is 36.4 Å². The fourth-order valence-corrected chi connectivity index (χ4v) is 2.18. The van der Waals surface area contributed by atoms with Gasteiger partial charge in [-0.1, -0.05) is 43.7 Å². The average Bonchev–Trinajstić information content (AvgIpc) is 2.80. The Hall–Kier alpha value is -2.14. The number of nitrogens with one attached hydrogen (secondary N) is 1. The number of nitrogens with zero attached hydrogens (tertiary/aromatic N) is 2. The summed E-state index contributed by atoms with van der Waals surface area (Å²) in [5, 5.41) is 17.2. The van der Waals surface area contributed by atoms with E-state index in [1.165, 1.54) is 0 Å². The number of aromatic nitrogens is 2. The molecule has 1 heterocycles. The summed E-state index contributed by atoms with van der Waals surface area (Å²) >= 11 is 0. The van der Waals surface area contributed by atoms with Gasteiger partial charge in [0.1, 0.15) is 5.82 Å². The molecule has 2 N–H and O–H groups in total. The van der Waals surface area contributed by atoms with Gasteiger partial charge in [-0.25, -0.2) is 0 Å². The quantitative estimate of drug-likeness (QED) is 0.857. The predicted octanol–water partition coefficient (Wildman–Crippen LogP) is 2.43. The minimum atomic E-state index is -0.797. The Morgan fingerprint density at radius 2 is 2.10 bits per heavy atom. The van der Waals surface area contributed by atoms with Gasteiger partial charge in [0.15, 0.2) is 0 Å². The molecule has 0 spiro atoms. The van der Waals surface area contributed by atoms with E-state index in [2.05, 4.69) is 17.3 Å². The number of benzene rings is 1. The van der Waals surface area contributed by atoms with Crippen LogP contribution in [-0.2, 0) is 18.3 Å². The molecule has 1 aromatic heterocycles. The molecule has 0 aliphatic carbocycles. The first kappa shape index (κ1) is 15.3. The van der Waals surface area contributed by atoms with Crippen LogP contribution in [0.4, 0.5) is 5.82 Å². The standard InChI is InChI=1S/C16H21N3O2/c1-3-7-13-10-15(19(2)18-13)17-16(21)11-14(20)12-8-5-4-6-9-12/h4-6,8-10,14,20H,3,7,11H2,1-2H3,(H,17,21). The van der Waals surface area contributed by atoms with Gasteiger partial charge in [-0.15, -0.1) is 0 Å². The smallest absolute Gasteiger partial charge is 0.228 e. The molecule has 1 atom stereocenters. The van der Waals surface area contributed by atoms with Crippen LogP contribution in [0.1, 0.15) is 37.1 Å². The normalized spacial score (nSPS) is 12.1. The van der Waals surface area contributed by atoms with E-state index >= 15 is 0 Å². The van der Waals surface area contributed by atoms with Crippen LogP contribution < -0.4 is 5.32 Å². The molecule has 5 nitrogen and oxygen atoms in total. The number of aryl methyl sites for hydroxylation is 2. The van der Waals surface area contributed by atoms with Gasteiger partial charge in [-0.3, -0.25) is 9.48 Å². The van der Waals surface area contributed by atoms with Gasteiger partial charge in [0, 0.05) is 13.1 Å². The number of aliphatic hydroxyl groups excluding tert-OH is 1. The van der Waals surface area contributed by atoms with Crippen LogP contribution in [0.25, 0.3) is 0 Å². The van der Waals surface area contributed by atoms with Crippen molar-refractivity contribution >= 4 is 11.7 Å². The summed E-state index contributed by atoms with van der Waals surface area (Å²) in [6.45, 7) is 2.09. The molecule has 2 rings (SSSR count). The van der Waals surface area contributed by atoms with E-state index < -0.39 is 6.10 Å². The summed E-state index contributed by atoms with van der Waals surface area (Å²) in [6.07, 6.45) is 1.13. The Balaban J connectivity index is 1.95. The molecule has 0 aliphatic heterocycles. The van der Waals surface area contributed by atoms with Crippen molar-refractivity contribution in [2.45, 2.75) is 32.3 Å². The maximum atomic E-state index is 12.0. The zero-order valence-corrected chi connectivity index (χ0v) is 12.4. The predicted molar refractivity (Wildman–Crippen MR) is 81.9 cm³/mol. The van der Waals surface area contributed by atoms with Gasteiger partial charge in [0.2, 0.25) is 5.91 Å². The van der Waals surface area contributed by atoms with Gasteiger partial charge in [-0.05, 0) is 12.0 Å². The van der Waals surface area contributed by atoms with E-state index in [1.54, 1.807) is 23.9 Å². The third kappa shape index (κ3) is 4.16. The summed E-state index contributed by atoms with van der Waals surface area (Å²) in [6, 6.07) is 11.0. The van der Waals surface area contributed by atoms with E-state index in [-0.39, 0.29) is 12.3 Å². The lowest BCUT2D eigenvalue weighted by Gasteiger charge is -2.11. The molecule has 5 heteroatoms. The Morgan fingerprint density at radius 3 is 2.76 bits per heavy atom. The number of rotatable bonds is 6. The van der Waals surface area contributed by atoms with Crippen molar-refractivity contribution in [3.05, 3.63) is 47.7 Å². The van der Waals surface area contributed by atoms with Crippen LogP contribution in [0.3, 0.4) is 0 Å². The van der Waals surface area contributed by atoms with E-state index in [9.17, 15) is 9.90 Å². The molecule has 0 saturated heterocycles. The molecule has 0 aliphatic rings. The Morgan fingerprint density at radius 1 is 1.38 bits per heavy atom. The largest absolute Gasteiger partial charge is 0.388 e. The number of anilines is 1. The second-order valence-electron chi connectivity index (χ2n) is 5.07. The number of carbonyl (C=O) groups excluding carboxylic acids is 1. The Kier molecular flexibility index (Phi) is 5.11. The van der Waals surface area contributed by atoms with Crippen molar-refractivity contribution in [3.63, 3.8) is 0 Å². The van der Waals surface area contributed by atoms with E-state index in [0.717, 1.165) is 24.1 Å². The maximum absolute atomic E-state index is 12.0. The average molecular weight is 287 g/mol. The van der Waals surface area contributed by atoms with E-state index in [1.807, 2.05) is 24.3 Å². The molecule has 0 saturated carbocycles. The first-order chi connectivity index (χ1) is 10.1. The summed E-state index contributed by atoms with van der Waals surface area (Å²) < 4.78 is 1.65. The minimum Gasteiger partial charge on any atom is -0.388 e. The highest BCUT2D eigenvalue weighted by atomic mass is 16.3. The van der Waals surface area contributed by atoms with Gasteiger partial charge in [0.05, 0.1) is 18.2 Å². The molecule has 0 bridgehead atoms. The maximum Gasteiger partial charge on any atom is 0.228 e. The highest BCUT2D eigenvalue weighted by Crippen LogP contribution is 2.17. The van der Waals surface area contributed by atoms with Crippen molar-refractivity contribution in [3.8, 4) is 0 Å². The van der Waals surface area contributed by atoms with Crippen molar-refractivity contribution in [1.82, 2.24) is 9.78 Å². The molecular weight excluding hydrogens is 266 g/mol. The third-order valence-corrected chi connectivity index (χ3v) is 3.27. The lowest BCUT2D eigenvalue weighted by molar-refractivity contribution is -0.118. The molecule has 1 aromatic carbocycles. The number of hydrogen-bond donors (Lipinski definition) is 2. The molecule has 2 aromatic rings. The molecule has 112 valence electrons. The van der Waals surface area contributed by atoms with Crippen LogP contribution in [0.5, 0.6) is 0 Å². The number of amides is 1. The number of carbonyl (C=O) groups is 1. The lowest BCUT2D eigenvalue weighted by Crippen LogP contribution is -2.17. The van der Waals surface area contributed by atoms with Gasteiger partial charge >= 0.3 is 0 Å². The summed E-state index contributed by atoms with van der Waals surface area (Å²) in [7, 11) is 1.79. The van der Waals surface area contributed by atoms with Crippen molar-refractivity contribution < 1.29 is 9.90 Å². The van der Waals surface area contributed by atoms with Crippen LogP contribution >= 0.6 is 0 Å². The number of aliphatic hydroxyl groups is 1. The topological polar surface area (TPSA) is 67.2 Å². The van der Waals surface area contributed by atoms with E-state index in [0.29, 0.717) is 5.82 Å². The number of hydrogen-bond acceptors (Lipinski definition) is 3. The Labute approximate surface area is 124 Å². The van der Waals surface area contributed by atoms with E-state index in [4.69, 9.17) is 0 Å². The molecule has 21 heavy (non-hydrogen) atoms. The summed E-state index contributed by atoms with van der Waals surface area (Å²) in [4.78, 5) is 12.0. The third-order valence-electron chi connectivity index (χ3n) is 3.27. The molecule has 1 amide bonds. The first-order valence-corrected chi connectivity index (χ1v) is 7.16. The zero-order valence-electron chi connectivity index (χ0n) is 12.4. The molecular formula is C16H21N3O2. The van der Waals surface area contributed by atoms with Gasteiger partial charge < -0.3 is 10.4 Å². The second-order valence-corrected chi connectivity index (χ2v) is 5.07. The molecule has 0 fully saturated rings. The first-order valence-electron chi connectivity index (χ1n) is 7.16. The van der Waals surface area contributed by atoms with Gasteiger partial charge in [-0.2, -0.15) is 5.10 Å². The fourth-order valence-electron chi connectivity index (χ4n) is 2.18. The van der Waals surface area contributed by atoms with Crippen LogP contribution in [-0.4, -0.2) is 20.8 Å². The summed E-state index contributed by atoms with van der Waals surface area (Å²) in [5.41, 5.74) is 1.70. The minimum absolute atomic E-state index is 0.0261. The molecule has 1 unspecified atom stereocenters. The zero-order chi connectivity index (χ0) is 15.2. The van der Waals surface area contributed by atoms with Crippen LogP contribution in [0, 0.1) is 0 Å². The fraction of sp³-hybridized carbons (Fsp3) is 0.375. The van der Waals surface area contributed by atoms with Crippen molar-refractivity contribution in [2.75, 3.05) is 5.32 Å². The van der Waals surface area contributed by atoms with Crippen molar-refractivity contribution in [2.24, 2.45) is 7.05 Å². The highest BCUT2D eigenvalue weighted by Gasteiger charge is 2.14. The molecule has 0 radical (unpaired) electrons. The van der Waals surface area contributed by atoms with Crippen molar-refractivity contribution in [1.29, 1.82) is 0 Å². The van der Waals surface area contributed by atoms with Gasteiger partial charge in [0.25, 0.3) is 0 Å². The van der Waals surface area contributed by atoms with Crippen LogP contribution in [0.2, 0.25) is 0 Å². The lowest BCUT2D eigenvalue weighted by atomic mass is 10.1. The second kappa shape index (κ2) is 7.04. The highest BCUT2D eigenvalue weighted by molar-refractivity contribution is 5.90. The monoisotopic (exact) mass is 287 g/mol. The summed E-state index contributed by atoms with van der Waals surface area (Å²) in [5.74, 6) is 0.432. The Bertz CT molecular complexity index is 593. The SMILES string of the molecule is CCCc1cc(NC(=O)CC(O)c2ccccc2)n(C)n1.